The highest BCUT2D eigenvalue weighted by atomic mass is 32.1. The van der Waals surface area contributed by atoms with Gasteiger partial charge in [-0.1, -0.05) is 0 Å². The van der Waals surface area contributed by atoms with Crippen molar-refractivity contribution >= 4 is 11.3 Å². The summed E-state index contributed by atoms with van der Waals surface area (Å²) >= 11 is 1.73. The van der Waals surface area contributed by atoms with Crippen molar-refractivity contribution in [2.24, 2.45) is 0 Å². The van der Waals surface area contributed by atoms with Gasteiger partial charge in [-0.05, 0) is 30.5 Å². The van der Waals surface area contributed by atoms with Crippen LogP contribution in [0.15, 0.2) is 17.6 Å². The quantitative estimate of drug-likeness (QED) is 0.817. The maximum absolute atomic E-state index is 5.34. The number of ether oxygens (including phenoxy) is 2. The number of nitrogens with zero attached hydrogens (tertiary/aromatic N) is 1. The number of hydrogen-bond acceptors (Lipinski definition) is 4. The van der Waals surface area contributed by atoms with Gasteiger partial charge >= 0.3 is 0 Å². The first-order chi connectivity index (χ1) is 8.33. The van der Waals surface area contributed by atoms with E-state index in [2.05, 4.69) is 11.1 Å². The molecule has 0 spiro atoms. The third-order valence-electron chi connectivity index (χ3n) is 3.13. The minimum Gasteiger partial charge on any atom is -0.493 e. The lowest BCUT2D eigenvalue weighted by Crippen LogP contribution is -2.03. The molecule has 0 atom stereocenters. The SMILES string of the molecule is COc1cc2c(cc1OC)-c1ncsc1CC2. The van der Waals surface area contributed by atoms with Crippen molar-refractivity contribution in [3.63, 3.8) is 0 Å². The van der Waals surface area contributed by atoms with E-state index in [1.807, 2.05) is 11.6 Å². The van der Waals surface area contributed by atoms with Crippen LogP contribution in [0.3, 0.4) is 0 Å². The molecule has 3 rings (SSSR count). The van der Waals surface area contributed by atoms with Crippen molar-refractivity contribution in [1.82, 2.24) is 4.98 Å². The summed E-state index contributed by atoms with van der Waals surface area (Å²) in [5.74, 6) is 1.57. The average molecular weight is 247 g/mol. The number of methoxy groups -OCH3 is 2. The van der Waals surface area contributed by atoms with E-state index in [0.717, 1.165) is 30.0 Å². The first-order valence-electron chi connectivity index (χ1n) is 5.51. The molecule has 17 heavy (non-hydrogen) atoms. The van der Waals surface area contributed by atoms with Crippen LogP contribution >= 0.6 is 11.3 Å². The molecular weight excluding hydrogens is 234 g/mol. The summed E-state index contributed by atoms with van der Waals surface area (Å²) in [5.41, 5.74) is 5.50. The highest BCUT2D eigenvalue weighted by Crippen LogP contribution is 2.40. The van der Waals surface area contributed by atoms with E-state index in [1.54, 1.807) is 25.6 Å². The Morgan fingerprint density at radius 1 is 1.12 bits per heavy atom. The van der Waals surface area contributed by atoms with Crippen LogP contribution in [0.5, 0.6) is 11.5 Å². The zero-order valence-electron chi connectivity index (χ0n) is 9.82. The van der Waals surface area contributed by atoms with E-state index >= 15 is 0 Å². The van der Waals surface area contributed by atoms with Gasteiger partial charge in [-0.15, -0.1) is 11.3 Å². The smallest absolute Gasteiger partial charge is 0.161 e. The molecule has 1 aliphatic carbocycles. The molecule has 0 radical (unpaired) electrons. The molecule has 88 valence electrons. The molecule has 4 heteroatoms. The second-order valence-corrected chi connectivity index (χ2v) is 4.93. The van der Waals surface area contributed by atoms with E-state index in [1.165, 1.54) is 16.0 Å². The third-order valence-corrected chi connectivity index (χ3v) is 4.02. The zero-order valence-corrected chi connectivity index (χ0v) is 10.6. The van der Waals surface area contributed by atoms with Crippen molar-refractivity contribution in [3.8, 4) is 22.8 Å². The van der Waals surface area contributed by atoms with Gasteiger partial charge in [-0.25, -0.2) is 4.98 Å². The minimum absolute atomic E-state index is 0.770. The topological polar surface area (TPSA) is 31.4 Å². The second kappa shape index (κ2) is 4.04. The van der Waals surface area contributed by atoms with Crippen LogP contribution < -0.4 is 9.47 Å². The summed E-state index contributed by atoms with van der Waals surface area (Å²) < 4.78 is 10.7. The third kappa shape index (κ3) is 1.60. The number of aromatic nitrogens is 1. The second-order valence-electron chi connectivity index (χ2n) is 3.99. The van der Waals surface area contributed by atoms with Crippen LogP contribution in [0, 0.1) is 0 Å². The van der Waals surface area contributed by atoms with Crippen molar-refractivity contribution < 1.29 is 9.47 Å². The van der Waals surface area contributed by atoms with Crippen molar-refractivity contribution in [3.05, 3.63) is 28.1 Å². The Kier molecular flexibility index (Phi) is 2.52. The molecule has 3 nitrogen and oxygen atoms in total. The van der Waals surface area contributed by atoms with Crippen LogP contribution in [-0.2, 0) is 12.8 Å². The molecule has 1 aromatic carbocycles. The van der Waals surface area contributed by atoms with Gasteiger partial charge < -0.3 is 9.47 Å². The van der Waals surface area contributed by atoms with E-state index in [4.69, 9.17) is 9.47 Å². The van der Waals surface area contributed by atoms with E-state index < -0.39 is 0 Å². The Bertz CT molecular complexity index is 563. The molecule has 0 saturated carbocycles. The standard InChI is InChI=1S/C13H13NO2S/c1-15-10-5-8-3-4-12-13(14-7-17-12)9(8)6-11(10)16-2/h5-7H,3-4H2,1-2H3. The van der Waals surface area contributed by atoms with Crippen molar-refractivity contribution in [2.45, 2.75) is 12.8 Å². The number of thiazole rings is 1. The summed E-state index contributed by atoms with van der Waals surface area (Å²) in [6.07, 6.45) is 2.12. The van der Waals surface area contributed by atoms with Gasteiger partial charge in [-0.3, -0.25) is 0 Å². The minimum atomic E-state index is 0.770. The van der Waals surface area contributed by atoms with Gasteiger partial charge in [0, 0.05) is 10.4 Å². The maximum Gasteiger partial charge on any atom is 0.161 e. The molecule has 0 unspecified atom stereocenters. The highest BCUT2D eigenvalue weighted by molar-refractivity contribution is 7.10. The number of benzene rings is 1. The number of fused-ring (bicyclic) bond motifs is 3. The van der Waals surface area contributed by atoms with Crippen LogP contribution in [0.4, 0.5) is 0 Å². The fourth-order valence-electron chi connectivity index (χ4n) is 2.26. The van der Waals surface area contributed by atoms with Crippen LogP contribution in [0.1, 0.15) is 10.4 Å². The van der Waals surface area contributed by atoms with Gasteiger partial charge in [-0.2, -0.15) is 0 Å². The largest absolute Gasteiger partial charge is 0.493 e. The Balaban J connectivity index is 2.20. The molecule has 0 N–H and O–H groups in total. The lowest BCUT2D eigenvalue weighted by molar-refractivity contribution is 0.354. The van der Waals surface area contributed by atoms with E-state index in [0.29, 0.717) is 0 Å². The normalized spacial score (nSPS) is 12.8. The van der Waals surface area contributed by atoms with Gasteiger partial charge in [0.2, 0.25) is 0 Å². The molecule has 0 amide bonds. The molecule has 0 aliphatic heterocycles. The van der Waals surface area contributed by atoms with E-state index in [-0.39, 0.29) is 0 Å². The Morgan fingerprint density at radius 3 is 2.65 bits per heavy atom. The van der Waals surface area contributed by atoms with Crippen molar-refractivity contribution in [1.29, 1.82) is 0 Å². The number of hydrogen-bond donors (Lipinski definition) is 0. The lowest BCUT2D eigenvalue weighted by Gasteiger charge is -2.18. The summed E-state index contributed by atoms with van der Waals surface area (Å²) in [5, 5.41) is 0. The highest BCUT2D eigenvalue weighted by Gasteiger charge is 2.21. The molecule has 0 fully saturated rings. The average Bonchev–Trinajstić information content (AvgIpc) is 2.85. The summed E-state index contributed by atoms with van der Waals surface area (Å²) in [6.45, 7) is 0. The van der Waals surface area contributed by atoms with Crippen molar-refractivity contribution in [2.75, 3.05) is 14.2 Å². The Morgan fingerprint density at radius 2 is 1.88 bits per heavy atom. The van der Waals surface area contributed by atoms with Crippen LogP contribution in [0.2, 0.25) is 0 Å². The molecule has 0 bridgehead atoms. The maximum atomic E-state index is 5.34. The summed E-state index contributed by atoms with van der Waals surface area (Å²) in [7, 11) is 3.33. The molecule has 1 heterocycles. The fourth-order valence-corrected chi connectivity index (χ4v) is 3.04. The first-order valence-corrected chi connectivity index (χ1v) is 6.39. The number of rotatable bonds is 2. The van der Waals surface area contributed by atoms with Crippen LogP contribution in [-0.4, -0.2) is 19.2 Å². The molecule has 0 saturated heterocycles. The monoisotopic (exact) mass is 247 g/mol. The van der Waals surface area contributed by atoms with Gasteiger partial charge in [0.05, 0.1) is 25.4 Å². The van der Waals surface area contributed by atoms with Gasteiger partial charge in [0.15, 0.2) is 11.5 Å². The summed E-state index contributed by atoms with van der Waals surface area (Å²) in [4.78, 5) is 5.82. The van der Waals surface area contributed by atoms with Gasteiger partial charge in [0.25, 0.3) is 0 Å². The lowest BCUT2D eigenvalue weighted by atomic mass is 9.93. The first kappa shape index (κ1) is 10.6. The Labute approximate surface area is 104 Å². The molecule has 2 aromatic rings. The van der Waals surface area contributed by atoms with Crippen LogP contribution in [0.25, 0.3) is 11.3 Å². The predicted octanol–water partition coefficient (Wildman–Crippen LogP) is 2.93. The summed E-state index contributed by atoms with van der Waals surface area (Å²) in [6, 6.07) is 4.10. The fraction of sp³-hybridized carbons (Fsp3) is 0.308. The van der Waals surface area contributed by atoms with Gasteiger partial charge in [0.1, 0.15) is 0 Å². The Hall–Kier alpha value is -1.55. The number of aryl methyl sites for hydroxylation is 2. The van der Waals surface area contributed by atoms with E-state index in [9.17, 15) is 0 Å². The molecule has 1 aromatic heterocycles. The molecule has 1 aliphatic rings. The molecular formula is C13H13NO2S. The zero-order chi connectivity index (χ0) is 11.8. The predicted molar refractivity (Wildman–Crippen MR) is 68.1 cm³/mol.